The molecule has 0 aliphatic rings. The van der Waals surface area contributed by atoms with Crippen LogP contribution in [-0.2, 0) is 0 Å². The predicted molar refractivity (Wildman–Crippen MR) is 44.5 cm³/mol. The van der Waals surface area contributed by atoms with Crippen molar-refractivity contribution in [1.29, 1.82) is 0 Å². The van der Waals surface area contributed by atoms with Gasteiger partial charge in [0.1, 0.15) is 5.82 Å². The SMILES string of the molecule is CCNC(=O)c1ccc(N)nn1. The topological polar surface area (TPSA) is 80.9 Å². The van der Waals surface area contributed by atoms with Crippen molar-refractivity contribution in [1.82, 2.24) is 15.5 Å². The molecule has 0 spiro atoms. The van der Waals surface area contributed by atoms with Gasteiger partial charge in [0.15, 0.2) is 5.69 Å². The van der Waals surface area contributed by atoms with Gasteiger partial charge in [-0.3, -0.25) is 4.79 Å². The fourth-order valence-corrected chi connectivity index (χ4v) is 0.715. The molecule has 0 unspecified atom stereocenters. The first-order valence-corrected chi connectivity index (χ1v) is 3.61. The smallest absolute Gasteiger partial charge is 0.271 e. The number of aromatic nitrogens is 2. The van der Waals surface area contributed by atoms with Crippen LogP contribution in [0.5, 0.6) is 0 Å². The lowest BCUT2D eigenvalue weighted by Gasteiger charge is -1.99. The number of nitrogens with one attached hydrogen (secondary N) is 1. The number of hydrogen-bond donors (Lipinski definition) is 2. The Bertz CT molecular complexity index is 269. The molecule has 1 amide bonds. The first-order valence-electron chi connectivity index (χ1n) is 3.61. The Morgan fingerprint density at radius 2 is 2.33 bits per heavy atom. The minimum absolute atomic E-state index is 0.231. The molecule has 64 valence electrons. The molecule has 3 N–H and O–H groups in total. The first-order chi connectivity index (χ1) is 5.74. The van der Waals surface area contributed by atoms with Crippen molar-refractivity contribution in [3.63, 3.8) is 0 Å². The summed E-state index contributed by atoms with van der Waals surface area (Å²) in [6.45, 7) is 2.41. The van der Waals surface area contributed by atoms with Crippen molar-refractivity contribution in [3.8, 4) is 0 Å². The van der Waals surface area contributed by atoms with E-state index in [1.165, 1.54) is 12.1 Å². The number of nitrogens with zero attached hydrogens (tertiary/aromatic N) is 2. The van der Waals surface area contributed by atoms with Crippen LogP contribution in [0.3, 0.4) is 0 Å². The molecule has 1 rings (SSSR count). The number of carbonyl (C=O) groups is 1. The minimum atomic E-state index is -0.231. The lowest BCUT2D eigenvalue weighted by atomic mass is 10.3. The van der Waals surface area contributed by atoms with Gasteiger partial charge in [0.05, 0.1) is 0 Å². The number of hydrogen-bond acceptors (Lipinski definition) is 4. The van der Waals surface area contributed by atoms with E-state index < -0.39 is 0 Å². The van der Waals surface area contributed by atoms with Crippen LogP contribution in [0.2, 0.25) is 0 Å². The molecular weight excluding hydrogens is 156 g/mol. The van der Waals surface area contributed by atoms with Gasteiger partial charge in [0.2, 0.25) is 0 Å². The molecule has 5 heteroatoms. The van der Waals surface area contributed by atoms with Gasteiger partial charge in [0.25, 0.3) is 5.91 Å². The molecular formula is C7H10N4O. The fraction of sp³-hybridized carbons (Fsp3) is 0.286. The third-order valence-corrected chi connectivity index (χ3v) is 1.26. The molecule has 0 atom stereocenters. The zero-order chi connectivity index (χ0) is 8.97. The number of amides is 1. The second-order valence-electron chi connectivity index (χ2n) is 2.20. The number of carbonyl (C=O) groups excluding carboxylic acids is 1. The third-order valence-electron chi connectivity index (χ3n) is 1.26. The van der Waals surface area contributed by atoms with Crippen LogP contribution in [-0.4, -0.2) is 22.6 Å². The van der Waals surface area contributed by atoms with E-state index in [4.69, 9.17) is 5.73 Å². The zero-order valence-corrected chi connectivity index (χ0v) is 6.74. The number of anilines is 1. The second kappa shape index (κ2) is 3.66. The van der Waals surface area contributed by atoms with Crippen molar-refractivity contribution >= 4 is 11.7 Å². The summed E-state index contributed by atoms with van der Waals surface area (Å²) in [6.07, 6.45) is 0. The zero-order valence-electron chi connectivity index (χ0n) is 6.74. The highest BCUT2D eigenvalue weighted by Crippen LogP contribution is 1.96. The lowest BCUT2D eigenvalue weighted by Crippen LogP contribution is -2.24. The predicted octanol–water partition coefficient (Wildman–Crippen LogP) is -0.192. The maximum absolute atomic E-state index is 11.1. The summed E-state index contributed by atoms with van der Waals surface area (Å²) < 4.78 is 0. The molecule has 0 saturated heterocycles. The van der Waals surface area contributed by atoms with Crippen LogP contribution in [0, 0.1) is 0 Å². The van der Waals surface area contributed by atoms with Gasteiger partial charge in [0, 0.05) is 6.54 Å². The minimum Gasteiger partial charge on any atom is -0.382 e. The van der Waals surface area contributed by atoms with Gasteiger partial charge in [-0.25, -0.2) is 0 Å². The van der Waals surface area contributed by atoms with Crippen molar-refractivity contribution in [2.75, 3.05) is 12.3 Å². The molecule has 0 radical (unpaired) electrons. The van der Waals surface area contributed by atoms with E-state index in [2.05, 4.69) is 15.5 Å². The highest BCUT2D eigenvalue weighted by Gasteiger charge is 2.04. The second-order valence-corrected chi connectivity index (χ2v) is 2.20. The first kappa shape index (κ1) is 8.45. The Kier molecular flexibility index (Phi) is 2.57. The maximum Gasteiger partial charge on any atom is 0.271 e. The van der Waals surface area contributed by atoms with E-state index in [-0.39, 0.29) is 11.6 Å². The molecule has 5 nitrogen and oxygen atoms in total. The average molecular weight is 166 g/mol. The summed E-state index contributed by atoms with van der Waals surface area (Å²) in [6, 6.07) is 3.07. The Balaban J connectivity index is 2.75. The van der Waals surface area contributed by atoms with Gasteiger partial charge < -0.3 is 11.1 Å². The van der Waals surface area contributed by atoms with Crippen LogP contribution in [0.15, 0.2) is 12.1 Å². The molecule has 0 aliphatic carbocycles. The third kappa shape index (κ3) is 1.91. The molecule has 0 aromatic carbocycles. The monoisotopic (exact) mass is 166 g/mol. The van der Waals surface area contributed by atoms with Crippen LogP contribution < -0.4 is 11.1 Å². The van der Waals surface area contributed by atoms with Crippen LogP contribution in [0.4, 0.5) is 5.82 Å². The highest BCUT2D eigenvalue weighted by molar-refractivity contribution is 5.92. The molecule has 0 fully saturated rings. The summed E-state index contributed by atoms with van der Waals surface area (Å²) in [5.41, 5.74) is 5.58. The quantitative estimate of drug-likeness (QED) is 0.638. The Labute approximate surface area is 70.0 Å². The van der Waals surface area contributed by atoms with Crippen molar-refractivity contribution in [2.24, 2.45) is 0 Å². The molecule has 1 aromatic rings. The molecule has 0 bridgehead atoms. The molecule has 1 heterocycles. The Morgan fingerprint density at radius 1 is 1.58 bits per heavy atom. The van der Waals surface area contributed by atoms with E-state index in [9.17, 15) is 4.79 Å². The molecule has 0 aliphatic heterocycles. The normalized spacial score (nSPS) is 9.42. The van der Waals surface area contributed by atoms with Gasteiger partial charge in [-0.2, -0.15) is 0 Å². The van der Waals surface area contributed by atoms with Crippen molar-refractivity contribution < 1.29 is 4.79 Å². The van der Waals surface area contributed by atoms with E-state index in [1.807, 2.05) is 6.92 Å². The molecule has 1 aromatic heterocycles. The Morgan fingerprint density at radius 3 is 2.83 bits per heavy atom. The molecule has 0 saturated carbocycles. The van der Waals surface area contributed by atoms with Gasteiger partial charge in [-0.1, -0.05) is 0 Å². The van der Waals surface area contributed by atoms with Crippen molar-refractivity contribution in [3.05, 3.63) is 17.8 Å². The van der Waals surface area contributed by atoms with E-state index >= 15 is 0 Å². The fourth-order valence-electron chi connectivity index (χ4n) is 0.715. The number of nitrogen functional groups attached to an aromatic ring is 1. The van der Waals surface area contributed by atoms with Crippen LogP contribution in [0.25, 0.3) is 0 Å². The average Bonchev–Trinajstić information content (AvgIpc) is 2.06. The summed E-state index contributed by atoms with van der Waals surface area (Å²) in [5.74, 6) is 0.0769. The summed E-state index contributed by atoms with van der Waals surface area (Å²) in [5, 5.41) is 9.76. The largest absolute Gasteiger partial charge is 0.382 e. The van der Waals surface area contributed by atoms with Crippen molar-refractivity contribution in [2.45, 2.75) is 6.92 Å². The lowest BCUT2D eigenvalue weighted by molar-refractivity contribution is 0.0950. The molecule has 12 heavy (non-hydrogen) atoms. The van der Waals surface area contributed by atoms with Crippen LogP contribution >= 0.6 is 0 Å². The van der Waals surface area contributed by atoms with Gasteiger partial charge in [-0.05, 0) is 19.1 Å². The summed E-state index contributed by atoms with van der Waals surface area (Å²) >= 11 is 0. The maximum atomic E-state index is 11.1. The van der Waals surface area contributed by atoms with Gasteiger partial charge >= 0.3 is 0 Å². The summed E-state index contributed by atoms with van der Waals surface area (Å²) in [4.78, 5) is 11.1. The van der Waals surface area contributed by atoms with E-state index in [0.29, 0.717) is 12.4 Å². The number of nitrogens with two attached hydrogens (primary N) is 1. The van der Waals surface area contributed by atoms with Gasteiger partial charge in [-0.15, -0.1) is 10.2 Å². The van der Waals surface area contributed by atoms with Crippen LogP contribution in [0.1, 0.15) is 17.4 Å². The number of rotatable bonds is 2. The summed E-state index contributed by atoms with van der Waals surface area (Å²) in [7, 11) is 0. The van der Waals surface area contributed by atoms with E-state index in [1.54, 1.807) is 0 Å². The standard InChI is InChI=1S/C7H10N4O/c1-2-9-7(12)5-3-4-6(8)11-10-5/h3-4H,2H2,1H3,(H2,8,11)(H,9,12). The highest BCUT2D eigenvalue weighted by atomic mass is 16.1. The Hall–Kier alpha value is -1.65. The van der Waals surface area contributed by atoms with E-state index in [0.717, 1.165) is 0 Å².